The molecule has 1 aliphatic heterocycles. The maximum absolute atomic E-state index is 12.5. The molecule has 7 heteroatoms. The first-order valence-electron chi connectivity index (χ1n) is 9.88. The van der Waals surface area contributed by atoms with Gasteiger partial charge in [-0.15, -0.1) is 0 Å². The molecule has 1 aromatic carbocycles. The summed E-state index contributed by atoms with van der Waals surface area (Å²) in [4.78, 5) is 31.2. The Kier molecular flexibility index (Phi) is 6.36. The number of ether oxygens (including phenoxy) is 1. The fourth-order valence-corrected chi connectivity index (χ4v) is 3.13. The fraction of sp³-hybridized carbons (Fsp3) is 0.409. The van der Waals surface area contributed by atoms with Gasteiger partial charge in [0.2, 0.25) is 0 Å². The lowest BCUT2D eigenvalue weighted by molar-refractivity contribution is 0.0635. The normalized spacial score (nSPS) is 13.8. The number of benzene rings is 1. The van der Waals surface area contributed by atoms with E-state index in [1.807, 2.05) is 12.1 Å². The summed E-state index contributed by atoms with van der Waals surface area (Å²) in [5, 5.41) is 5.57. The highest BCUT2D eigenvalue weighted by Gasteiger charge is 2.17. The molecule has 1 aliphatic rings. The zero-order valence-corrected chi connectivity index (χ0v) is 17.2. The number of aromatic nitrogens is 1. The summed E-state index contributed by atoms with van der Waals surface area (Å²) in [6.45, 7) is 7.85. The molecular weight excluding hydrogens is 368 g/mol. The van der Waals surface area contributed by atoms with Gasteiger partial charge in [-0.25, -0.2) is 9.78 Å². The molecule has 1 saturated heterocycles. The van der Waals surface area contributed by atoms with Crippen molar-refractivity contribution >= 4 is 23.5 Å². The van der Waals surface area contributed by atoms with Crippen LogP contribution in [0.25, 0.3) is 0 Å². The zero-order valence-electron chi connectivity index (χ0n) is 17.2. The van der Waals surface area contributed by atoms with Crippen LogP contribution in [-0.2, 0) is 11.3 Å². The molecule has 2 aromatic rings. The molecule has 0 atom stereocenters. The van der Waals surface area contributed by atoms with Crippen molar-refractivity contribution in [3.05, 3.63) is 53.7 Å². The average molecular weight is 396 g/mol. The van der Waals surface area contributed by atoms with Gasteiger partial charge < -0.3 is 15.0 Å². The number of hydrogen-bond donors (Lipinski definition) is 2. The van der Waals surface area contributed by atoms with E-state index in [9.17, 15) is 9.59 Å². The van der Waals surface area contributed by atoms with Crippen molar-refractivity contribution in [2.24, 2.45) is 0 Å². The molecule has 29 heavy (non-hydrogen) atoms. The molecule has 3 rings (SSSR count). The van der Waals surface area contributed by atoms with Gasteiger partial charge in [-0.3, -0.25) is 10.1 Å². The number of pyridine rings is 1. The van der Waals surface area contributed by atoms with Gasteiger partial charge in [0.1, 0.15) is 11.4 Å². The van der Waals surface area contributed by atoms with Crippen LogP contribution in [0.1, 0.15) is 49.5 Å². The van der Waals surface area contributed by atoms with Crippen molar-refractivity contribution in [3.8, 4) is 0 Å². The minimum Gasteiger partial charge on any atom is -0.444 e. The van der Waals surface area contributed by atoms with E-state index < -0.39 is 11.7 Å². The van der Waals surface area contributed by atoms with Crippen molar-refractivity contribution in [1.82, 2.24) is 10.3 Å². The topological polar surface area (TPSA) is 83.6 Å². The summed E-state index contributed by atoms with van der Waals surface area (Å²) < 4.78 is 5.24. The number of nitrogens with zero attached hydrogens (tertiary/aromatic N) is 2. The predicted octanol–water partition coefficient (Wildman–Crippen LogP) is 3.96. The van der Waals surface area contributed by atoms with E-state index in [1.165, 1.54) is 12.8 Å². The van der Waals surface area contributed by atoms with E-state index in [0.717, 1.165) is 24.5 Å². The number of hydrogen-bond acceptors (Lipinski definition) is 5. The van der Waals surface area contributed by atoms with Crippen molar-refractivity contribution in [2.45, 2.75) is 45.8 Å². The summed E-state index contributed by atoms with van der Waals surface area (Å²) in [7, 11) is 0. The van der Waals surface area contributed by atoms with Crippen LogP contribution >= 0.6 is 0 Å². The van der Waals surface area contributed by atoms with Crippen LogP contribution in [0.3, 0.4) is 0 Å². The Balaban J connectivity index is 1.58. The maximum atomic E-state index is 12.5. The van der Waals surface area contributed by atoms with Gasteiger partial charge in [-0.2, -0.15) is 0 Å². The van der Waals surface area contributed by atoms with Crippen molar-refractivity contribution in [2.75, 3.05) is 23.3 Å². The third-order valence-electron chi connectivity index (χ3n) is 4.46. The van der Waals surface area contributed by atoms with Gasteiger partial charge in [0.15, 0.2) is 0 Å². The highest BCUT2D eigenvalue weighted by atomic mass is 16.6. The third-order valence-corrected chi connectivity index (χ3v) is 4.46. The van der Waals surface area contributed by atoms with E-state index in [4.69, 9.17) is 4.74 Å². The van der Waals surface area contributed by atoms with Crippen LogP contribution in [0.2, 0.25) is 0 Å². The van der Waals surface area contributed by atoms with Gasteiger partial charge in [-0.05, 0) is 69.5 Å². The van der Waals surface area contributed by atoms with E-state index in [1.54, 1.807) is 51.2 Å². The Bertz CT molecular complexity index is 870. The molecule has 1 fully saturated rings. The standard InChI is InChI=1S/C22H28N4O3/c1-22(2,3)29-21(28)25-18-8-6-7-17(14-18)20(27)24-15-16-9-10-23-19(13-16)26-11-4-5-12-26/h6-10,13-14H,4-5,11-12,15H2,1-3H3,(H,24,27)(H,25,28). The second-order valence-electron chi connectivity index (χ2n) is 8.11. The Morgan fingerprint density at radius 1 is 1.14 bits per heavy atom. The average Bonchev–Trinajstić information content (AvgIpc) is 3.20. The first-order valence-corrected chi connectivity index (χ1v) is 9.88. The summed E-state index contributed by atoms with van der Waals surface area (Å²) in [6, 6.07) is 10.7. The molecule has 0 bridgehead atoms. The summed E-state index contributed by atoms with van der Waals surface area (Å²) in [6.07, 6.45) is 3.61. The lowest BCUT2D eigenvalue weighted by Crippen LogP contribution is -2.27. The molecule has 0 unspecified atom stereocenters. The Morgan fingerprint density at radius 3 is 2.62 bits per heavy atom. The predicted molar refractivity (Wildman–Crippen MR) is 113 cm³/mol. The lowest BCUT2D eigenvalue weighted by Gasteiger charge is -2.19. The summed E-state index contributed by atoms with van der Waals surface area (Å²) in [5.41, 5.74) is 1.38. The molecular formula is C22H28N4O3. The molecule has 7 nitrogen and oxygen atoms in total. The number of carbonyl (C=O) groups is 2. The Labute approximate surface area is 171 Å². The minimum absolute atomic E-state index is 0.211. The smallest absolute Gasteiger partial charge is 0.412 e. The minimum atomic E-state index is -0.586. The fourth-order valence-electron chi connectivity index (χ4n) is 3.13. The zero-order chi connectivity index (χ0) is 20.9. The van der Waals surface area contributed by atoms with Crippen molar-refractivity contribution in [1.29, 1.82) is 0 Å². The monoisotopic (exact) mass is 396 g/mol. The van der Waals surface area contributed by atoms with Gasteiger partial charge >= 0.3 is 6.09 Å². The molecule has 0 radical (unpaired) electrons. The molecule has 0 spiro atoms. The highest BCUT2D eigenvalue weighted by Crippen LogP contribution is 2.19. The number of nitrogens with one attached hydrogen (secondary N) is 2. The largest absolute Gasteiger partial charge is 0.444 e. The van der Waals surface area contributed by atoms with Crippen LogP contribution in [0, 0.1) is 0 Å². The lowest BCUT2D eigenvalue weighted by atomic mass is 10.1. The highest BCUT2D eigenvalue weighted by molar-refractivity contribution is 5.96. The number of rotatable bonds is 5. The van der Waals surface area contributed by atoms with Gasteiger partial charge in [0, 0.05) is 37.1 Å². The van der Waals surface area contributed by atoms with E-state index >= 15 is 0 Å². The van der Waals surface area contributed by atoms with Crippen LogP contribution in [0.15, 0.2) is 42.6 Å². The molecule has 0 aliphatic carbocycles. The SMILES string of the molecule is CC(C)(C)OC(=O)Nc1cccc(C(=O)NCc2ccnc(N3CCCC3)c2)c1. The van der Waals surface area contributed by atoms with Gasteiger partial charge in [0.25, 0.3) is 5.91 Å². The molecule has 0 saturated carbocycles. The third kappa shape index (κ3) is 6.20. The van der Waals surface area contributed by atoms with Gasteiger partial charge in [-0.1, -0.05) is 6.07 Å². The van der Waals surface area contributed by atoms with E-state index in [0.29, 0.717) is 17.8 Å². The maximum Gasteiger partial charge on any atom is 0.412 e. The van der Waals surface area contributed by atoms with Crippen LogP contribution in [-0.4, -0.2) is 35.7 Å². The Morgan fingerprint density at radius 2 is 1.90 bits per heavy atom. The summed E-state index contributed by atoms with van der Waals surface area (Å²) >= 11 is 0. The first kappa shape index (κ1) is 20.6. The van der Waals surface area contributed by atoms with Crippen LogP contribution in [0.5, 0.6) is 0 Å². The van der Waals surface area contributed by atoms with Crippen LogP contribution in [0.4, 0.5) is 16.3 Å². The molecule has 2 amide bonds. The molecule has 2 heterocycles. The van der Waals surface area contributed by atoms with E-state index in [2.05, 4.69) is 20.5 Å². The summed E-state index contributed by atoms with van der Waals surface area (Å²) in [5.74, 6) is 0.746. The first-order chi connectivity index (χ1) is 13.8. The van der Waals surface area contributed by atoms with Crippen molar-refractivity contribution < 1.29 is 14.3 Å². The van der Waals surface area contributed by atoms with Crippen LogP contribution < -0.4 is 15.5 Å². The van der Waals surface area contributed by atoms with Gasteiger partial charge in [0.05, 0.1) is 0 Å². The molecule has 154 valence electrons. The number of amides is 2. The number of carbonyl (C=O) groups excluding carboxylic acids is 2. The molecule has 2 N–H and O–H groups in total. The second kappa shape index (κ2) is 8.94. The second-order valence-corrected chi connectivity index (χ2v) is 8.11. The van der Waals surface area contributed by atoms with E-state index in [-0.39, 0.29) is 5.91 Å². The number of anilines is 2. The Hall–Kier alpha value is -3.09. The molecule has 1 aromatic heterocycles. The quantitative estimate of drug-likeness (QED) is 0.799. The van der Waals surface area contributed by atoms with Crippen molar-refractivity contribution in [3.63, 3.8) is 0 Å².